The number of hydrogen-bond donors (Lipinski definition) is 3. The molecule has 0 rings (SSSR count). The molecule has 0 aromatic rings. The van der Waals surface area contributed by atoms with Crippen molar-refractivity contribution in [1.29, 1.82) is 0 Å². The zero-order chi connectivity index (χ0) is 16.1. The third-order valence-corrected chi connectivity index (χ3v) is 2.95. The van der Waals surface area contributed by atoms with Gasteiger partial charge in [0.15, 0.2) is 0 Å². The van der Waals surface area contributed by atoms with E-state index >= 15 is 0 Å². The quantitative estimate of drug-likeness (QED) is 0.670. The summed E-state index contributed by atoms with van der Waals surface area (Å²) in [7, 11) is 0. The molecule has 7 nitrogen and oxygen atoms in total. The smallest absolute Gasteiger partial charge is 0.317 e. The van der Waals surface area contributed by atoms with Crippen LogP contribution in [0.4, 0.5) is 4.79 Å². The number of aliphatic carboxylic acids is 1. The summed E-state index contributed by atoms with van der Waals surface area (Å²) in [5.74, 6) is -1.48. The van der Waals surface area contributed by atoms with Crippen LogP contribution in [-0.4, -0.2) is 46.5 Å². The molecule has 7 heteroatoms. The number of amides is 3. The van der Waals surface area contributed by atoms with E-state index in [9.17, 15) is 14.4 Å². The molecule has 0 aliphatic rings. The van der Waals surface area contributed by atoms with Gasteiger partial charge in [0.05, 0.1) is 11.8 Å². The fraction of sp³-hybridized carbons (Fsp3) is 0.769. The van der Waals surface area contributed by atoms with E-state index in [2.05, 4.69) is 5.32 Å². The Balaban J connectivity index is 4.73. The van der Waals surface area contributed by atoms with E-state index in [-0.39, 0.29) is 19.5 Å². The molecule has 0 aliphatic heterocycles. The number of nitrogens with one attached hydrogen (secondary N) is 1. The summed E-state index contributed by atoms with van der Waals surface area (Å²) in [5, 5.41) is 11.4. The molecule has 0 atom stereocenters. The molecule has 20 heavy (non-hydrogen) atoms. The lowest BCUT2D eigenvalue weighted by molar-refractivity contribution is -0.137. The molecule has 0 bridgehead atoms. The summed E-state index contributed by atoms with van der Waals surface area (Å²) >= 11 is 0. The number of carbonyl (C=O) groups excluding carboxylic acids is 2. The lowest BCUT2D eigenvalue weighted by Crippen LogP contribution is -2.53. The van der Waals surface area contributed by atoms with Crippen molar-refractivity contribution in [1.82, 2.24) is 10.2 Å². The number of carbonyl (C=O) groups is 3. The predicted molar refractivity (Wildman–Crippen MR) is 75.1 cm³/mol. The van der Waals surface area contributed by atoms with Crippen molar-refractivity contribution in [2.75, 3.05) is 13.1 Å². The fourth-order valence-electron chi connectivity index (χ4n) is 1.43. The summed E-state index contributed by atoms with van der Waals surface area (Å²) in [6.07, 6.45) is -0.135. The van der Waals surface area contributed by atoms with E-state index in [4.69, 9.17) is 10.8 Å². The lowest BCUT2D eigenvalue weighted by Gasteiger charge is -2.36. The number of carboxylic acid groups (broad SMARTS) is 1. The first kappa shape index (κ1) is 18.2. The molecular weight excluding hydrogens is 262 g/mol. The highest BCUT2D eigenvalue weighted by Gasteiger charge is 2.30. The van der Waals surface area contributed by atoms with Gasteiger partial charge in [-0.25, -0.2) is 4.79 Å². The molecule has 3 amide bonds. The van der Waals surface area contributed by atoms with Gasteiger partial charge in [0, 0.05) is 18.6 Å². The predicted octanol–water partition coefficient (Wildman–Crippen LogP) is 0.783. The topological polar surface area (TPSA) is 113 Å². The summed E-state index contributed by atoms with van der Waals surface area (Å²) in [6, 6.07) is -0.409. The molecule has 116 valence electrons. The minimum absolute atomic E-state index is 0.0980. The van der Waals surface area contributed by atoms with Gasteiger partial charge in [-0.05, 0) is 34.6 Å². The van der Waals surface area contributed by atoms with Crippen LogP contribution in [0.1, 0.15) is 41.0 Å². The monoisotopic (exact) mass is 287 g/mol. The second kappa shape index (κ2) is 6.58. The van der Waals surface area contributed by atoms with Crippen LogP contribution in [0.15, 0.2) is 0 Å². The Labute approximate surface area is 119 Å². The third-order valence-electron chi connectivity index (χ3n) is 2.95. The van der Waals surface area contributed by atoms with Crippen molar-refractivity contribution in [3.8, 4) is 0 Å². The lowest BCUT2D eigenvalue weighted by atomic mass is 9.93. The van der Waals surface area contributed by atoms with E-state index < -0.39 is 28.9 Å². The minimum atomic E-state index is -0.968. The molecule has 0 aromatic carbocycles. The Hall–Kier alpha value is -1.79. The number of nitrogens with zero attached hydrogens (tertiary/aromatic N) is 1. The maximum Gasteiger partial charge on any atom is 0.317 e. The van der Waals surface area contributed by atoms with E-state index in [1.54, 1.807) is 13.8 Å². The summed E-state index contributed by atoms with van der Waals surface area (Å²) in [6.45, 7) is 8.90. The molecule has 0 fully saturated rings. The average molecular weight is 287 g/mol. The Morgan fingerprint density at radius 2 is 1.65 bits per heavy atom. The van der Waals surface area contributed by atoms with Gasteiger partial charge in [-0.15, -0.1) is 0 Å². The highest BCUT2D eigenvalue weighted by molar-refractivity contribution is 5.82. The maximum absolute atomic E-state index is 12.1. The number of rotatable bonds is 6. The van der Waals surface area contributed by atoms with Gasteiger partial charge in [-0.1, -0.05) is 0 Å². The number of nitrogens with two attached hydrogens (primary N) is 1. The molecular formula is C13H25N3O4. The fourth-order valence-corrected chi connectivity index (χ4v) is 1.43. The summed E-state index contributed by atoms with van der Waals surface area (Å²) in [4.78, 5) is 35.4. The number of carboxylic acids is 1. The van der Waals surface area contributed by atoms with Crippen LogP contribution < -0.4 is 11.1 Å². The largest absolute Gasteiger partial charge is 0.481 e. The van der Waals surface area contributed by atoms with E-state index in [0.29, 0.717) is 0 Å². The molecule has 0 spiro atoms. The zero-order valence-electron chi connectivity index (χ0n) is 12.8. The molecule has 0 saturated heterocycles. The Kier molecular flexibility index (Phi) is 5.99. The number of primary amides is 1. The van der Waals surface area contributed by atoms with Crippen LogP contribution >= 0.6 is 0 Å². The Bertz CT molecular complexity index is 386. The summed E-state index contributed by atoms with van der Waals surface area (Å²) < 4.78 is 0. The highest BCUT2D eigenvalue weighted by atomic mass is 16.4. The van der Waals surface area contributed by atoms with Gasteiger partial charge in [0.2, 0.25) is 5.91 Å². The van der Waals surface area contributed by atoms with Crippen molar-refractivity contribution in [3.63, 3.8) is 0 Å². The van der Waals surface area contributed by atoms with Gasteiger partial charge in [-0.3, -0.25) is 9.59 Å². The first-order chi connectivity index (χ1) is 8.88. The van der Waals surface area contributed by atoms with Crippen molar-refractivity contribution in [2.24, 2.45) is 11.1 Å². The standard InChI is InChI=1S/C13H25N3O4/c1-12(2,3)16(7-6-9(17)18)11(20)15-8-13(4,5)10(14)19/h6-8H2,1-5H3,(H2,14,19)(H,15,20)(H,17,18). The SMILES string of the molecule is CC(C)(CNC(=O)N(CCC(=O)O)C(C)(C)C)C(N)=O. The van der Waals surface area contributed by atoms with Crippen LogP contribution in [0, 0.1) is 5.41 Å². The Morgan fingerprint density at radius 1 is 1.15 bits per heavy atom. The molecule has 0 unspecified atom stereocenters. The van der Waals surface area contributed by atoms with Gasteiger partial charge in [-0.2, -0.15) is 0 Å². The third kappa shape index (κ3) is 5.90. The van der Waals surface area contributed by atoms with Crippen LogP contribution in [0.2, 0.25) is 0 Å². The average Bonchev–Trinajstić information content (AvgIpc) is 2.24. The van der Waals surface area contributed by atoms with Gasteiger partial charge in [0.1, 0.15) is 0 Å². The van der Waals surface area contributed by atoms with E-state index in [1.807, 2.05) is 20.8 Å². The van der Waals surface area contributed by atoms with E-state index in [0.717, 1.165) is 0 Å². The van der Waals surface area contributed by atoms with Gasteiger partial charge >= 0.3 is 12.0 Å². The van der Waals surface area contributed by atoms with Crippen molar-refractivity contribution >= 4 is 17.9 Å². The highest BCUT2D eigenvalue weighted by Crippen LogP contribution is 2.16. The second-order valence-electron chi connectivity index (χ2n) is 6.37. The minimum Gasteiger partial charge on any atom is -0.481 e. The van der Waals surface area contributed by atoms with Gasteiger partial charge < -0.3 is 21.1 Å². The van der Waals surface area contributed by atoms with Crippen LogP contribution in [0.5, 0.6) is 0 Å². The molecule has 4 N–H and O–H groups in total. The van der Waals surface area contributed by atoms with Crippen LogP contribution in [-0.2, 0) is 9.59 Å². The summed E-state index contributed by atoms with van der Waals surface area (Å²) in [5.41, 5.74) is 3.86. The van der Waals surface area contributed by atoms with Crippen LogP contribution in [0.3, 0.4) is 0 Å². The molecule has 0 aliphatic carbocycles. The Morgan fingerprint density at radius 3 is 2.00 bits per heavy atom. The normalized spacial score (nSPS) is 11.8. The molecule has 0 saturated carbocycles. The van der Waals surface area contributed by atoms with Crippen molar-refractivity contribution < 1.29 is 19.5 Å². The zero-order valence-corrected chi connectivity index (χ0v) is 12.8. The van der Waals surface area contributed by atoms with Gasteiger partial charge in [0.25, 0.3) is 0 Å². The maximum atomic E-state index is 12.1. The molecule has 0 heterocycles. The number of hydrogen-bond acceptors (Lipinski definition) is 3. The second-order valence-corrected chi connectivity index (χ2v) is 6.37. The van der Waals surface area contributed by atoms with Crippen molar-refractivity contribution in [3.05, 3.63) is 0 Å². The number of urea groups is 1. The molecule has 0 radical (unpaired) electrons. The first-order valence-electron chi connectivity index (χ1n) is 6.45. The van der Waals surface area contributed by atoms with Crippen molar-refractivity contribution in [2.45, 2.75) is 46.6 Å². The van der Waals surface area contributed by atoms with Crippen LogP contribution in [0.25, 0.3) is 0 Å². The molecule has 0 aromatic heterocycles. The first-order valence-corrected chi connectivity index (χ1v) is 6.45. The van der Waals surface area contributed by atoms with E-state index in [1.165, 1.54) is 4.90 Å².